The monoisotopic (exact) mass is 543 g/mol. The lowest BCUT2D eigenvalue weighted by molar-refractivity contribution is -0.139. The van der Waals surface area contributed by atoms with E-state index >= 15 is 0 Å². The number of carbonyl (C=O) groups is 2. The maximum Gasteiger partial charge on any atom is 0.264 e. The van der Waals surface area contributed by atoms with Crippen LogP contribution in [0.2, 0.25) is 5.02 Å². The van der Waals surface area contributed by atoms with E-state index in [1.807, 2.05) is 0 Å². The van der Waals surface area contributed by atoms with Crippen molar-refractivity contribution in [2.45, 2.75) is 31.3 Å². The van der Waals surface area contributed by atoms with Gasteiger partial charge in [-0.05, 0) is 61.4 Å². The Morgan fingerprint density at radius 1 is 1.00 bits per heavy atom. The number of benzene rings is 3. The molecule has 0 aliphatic carbocycles. The Kier molecular flexibility index (Phi) is 9.18. The molecule has 37 heavy (non-hydrogen) atoms. The van der Waals surface area contributed by atoms with Crippen LogP contribution in [-0.4, -0.2) is 51.9 Å². The van der Waals surface area contributed by atoms with Crippen molar-refractivity contribution in [1.29, 1.82) is 0 Å². The fourth-order valence-corrected chi connectivity index (χ4v) is 5.48. The number of likely N-dealkylation sites (N-methyl/N-ethyl adjacent to an activating group) is 1. The summed E-state index contributed by atoms with van der Waals surface area (Å²) in [5.41, 5.74) is 1.54. The lowest BCUT2D eigenvalue weighted by Gasteiger charge is -2.32. The second-order valence-electron chi connectivity index (χ2n) is 8.37. The number of amides is 2. The quantitative estimate of drug-likeness (QED) is 0.417. The minimum Gasteiger partial charge on any atom is -0.497 e. The number of rotatable bonds is 10. The Bertz CT molecular complexity index is 1350. The van der Waals surface area contributed by atoms with Crippen molar-refractivity contribution in [2.75, 3.05) is 25.0 Å². The lowest BCUT2D eigenvalue weighted by Crippen LogP contribution is -2.50. The van der Waals surface area contributed by atoms with Crippen molar-refractivity contribution in [3.05, 3.63) is 88.9 Å². The first-order valence-corrected chi connectivity index (χ1v) is 13.4. The maximum absolute atomic E-state index is 13.8. The molecule has 1 atom stereocenters. The summed E-state index contributed by atoms with van der Waals surface area (Å²) in [6.07, 6.45) is 0. The van der Waals surface area contributed by atoms with E-state index < -0.39 is 28.5 Å². The molecule has 0 saturated heterocycles. The summed E-state index contributed by atoms with van der Waals surface area (Å²) in [5.74, 6) is -0.276. The first-order valence-electron chi connectivity index (χ1n) is 11.6. The smallest absolute Gasteiger partial charge is 0.264 e. The molecule has 10 heteroatoms. The molecule has 0 aliphatic heterocycles. The van der Waals surface area contributed by atoms with Crippen LogP contribution in [0.4, 0.5) is 5.69 Å². The molecule has 2 amide bonds. The van der Waals surface area contributed by atoms with Gasteiger partial charge in [0.2, 0.25) is 11.8 Å². The molecule has 1 N–H and O–H groups in total. The first kappa shape index (κ1) is 28.0. The van der Waals surface area contributed by atoms with Gasteiger partial charge < -0.3 is 15.0 Å². The van der Waals surface area contributed by atoms with Crippen LogP contribution < -0.4 is 14.4 Å². The van der Waals surface area contributed by atoms with Gasteiger partial charge in [0, 0.05) is 18.6 Å². The van der Waals surface area contributed by atoms with Gasteiger partial charge in [-0.15, -0.1) is 0 Å². The van der Waals surface area contributed by atoms with Crippen LogP contribution in [0.1, 0.15) is 18.1 Å². The number of methoxy groups -OCH3 is 1. The second kappa shape index (κ2) is 12.1. The van der Waals surface area contributed by atoms with E-state index in [1.165, 1.54) is 24.1 Å². The molecule has 0 spiro atoms. The van der Waals surface area contributed by atoms with Crippen molar-refractivity contribution in [2.24, 2.45) is 0 Å². The standard InChI is InChI=1S/C27H30ClN3O5S/c1-19-24(28)11-8-12-25(19)31(37(34,35)23-9-6-5-7-10-23)18-26(32)30(20(2)27(33)29-3)17-21-13-15-22(36-4)16-14-21/h5-16,20H,17-18H2,1-4H3,(H,29,33)/t20-/m0/s1. The number of nitrogens with one attached hydrogen (secondary N) is 1. The largest absolute Gasteiger partial charge is 0.497 e. The Morgan fingerprint density at radius 2 is 1.65 bits per heavy atom. The Hall–Kier alpha value is -3.56. The molecule has 8 nitrogen and oxygen atoms in total. The van der Waals surface area contributed by atoms with Crippen LogP contribution >= 0.6 is 11.6 Å². The van der Waals surface area contributed by atoms with Gasteiger partial charge in [0.25, 0.3) is 10.0 Å². The Morgan fingerprint density at radius 3 is 2.24 bits per heavy atom. The number of carbonyl (C=O) groups excluding carboxylic acids is 2. The molecule has 0 saturated carbocycles. The van der Waals surface area contributed by atoms with Gasteiger partial charge >= 0.3 is 0 Å². The van der Waals surface area contributed by atoms with E-state index in [9.17, 15) is 18.0 Å². The average Bonchev–Trinajstić information content (AvgIpc) is 2.91. The zero-order valence-corrected chi connectivity index (χ0v) is 22.7. The molecule has 3 aromatic carbocycles. The van der Waals surface area contributed by atoms with Crippen molar-refractivity contribution in [1.82, 2.24) is 10.2 Å². The molecule has 0 bridgehead atoms. The number of ether oxygens (including phenoxy) is 1. The molecule has 0 aliphatic rings. The highest BCUT2D eigenvalue weighted by Gasteiger charge is 2.33. The van der Waals surface area contributed by atoms with E-state index in [2.05, 4.69) is 5.32 Å². The van der Waals surface area contributed by atoms with Gasteiger partial charge in [-0.3, -0.25) is 13.9 Å². The summed E-state index contributed by atoms with van der Waals surface area (Å²) in [4.78, 5) is 27.7. The van der Waals surface area contributed by atoms with Crippen LogP contribution in [0.3, 0.4) is 0 Å². The first-order chi connectivity index (χ1) is 17.6. The third kappa shape index (κ3) is 6.42. The number of hydrogen-bond donors (Lipinski definition) is 1. The number of nitrogens with zero attached hydrogens (tertiary/aromatic N) is 2. The highest BCUT2D eigenvalue weighted by Crippen LogP contribution is 2.31. The maximum atomic E-state index is 13.8. The van der Waals surface area contributed by atoms with Crippen molar-refractivity contribution >= 4 is 39.1 Å². The van der Waals surface area contributed by atoms with E-state index in [0.29, 0.717) is 16.3 Å². The second-order valence-corrected chi connectivity index (χ2v) is 10.6. The van der Waals surface area contributed by atoms with Crippen LogP contribution in [0.25, 0.3) is 0 Å². The van der Waals surface area contributed by atoms with Crippen LogP contribution in [0.5, 0.6) is 5.75 Å². The third-order valence-corrected chi connectivity index (χ3v) is 8.23. The fraction of sp³-hybridized carbons (Fsp3) is 0.259. The predicted molar refractivity (Wildman–Crippen MR) is 144 cm³/mol. The molecule has 0 aromatic heterocycles. The zero-order valence-electron chi connectivity index (χ0n) is 21.1. The number of halogens is 1. The predicted octanol–water partition coefficient (Wildman–Crippen LogP) is 4.02. The number of anilines is 1. The summed E-state index contributed by atoms with van der Waals surface area (Å²) in [6, 6.07) is 19.0. The molecule has 196 valence electrons. The topological polar surface area (TPSA) is 96.0 Å². The molecule has 3 rings (SSSR count). The Balaban J connectivity index is 2.05. The minimum atomic E-state index is -4.15. The highest BCUT2D eigenvalue weighted by atomic mass is 35.5. The summed E-state index contributed by atoms with van der Waals surface area (Å²) < 4.78 is 33.8. The van der Waals surface area contributed by atoms with Gasteiger partial charge in [0.15, 0.2) is 0 Å². The molecular formula is C27H30ClN3O5S. The van der Waals surface area contributed by atoms with Crippen molar-refractivity contribution in [3.8, 4) is 5.75 Å². The third-order valence-electron chi connectivity index (χ3n) is 6.04. The van der Waals surface area contributed by atoms with Gasteiger partial charge in [-0.2, -0.15) is 0 Å². The van der Waals surface area contributed by atoms with Crippen LogP contribution in [-0.2, 0) is 26.2 Å². The van der Waals surface area contributed by atoms with Crippen molar-refractivity contribution in [3.63, 3.8) is 0 Å². The molecule has 0 unspecified atom stereocenters. The highest BCUT2D eigenvalue weighted by molar-refractivity contribution is 7.92. The summed E-state index contributed by atoms with van der Waals surface area (Å²) >= 11 is 6.32. The molecule has 0 fully saturated rings. The molecule has 3 aromatic rings. The van der Waals surface area contributed by atoms with Gasteiger partial charge in [-0.25, -0.2) is 8.42 Å². The summed E-state index contributed by atoms with van der Waals surface area (Å²) in [5, 5.41) is 2.93. The number of hydrogen-bond acceptors (Lipinski definition) is 5. The van der Waals surface area contributed by atoms with E-state index in [1.54, 1.807) is 81.6 Å². The van der Waals surface area contributed by atoms with Gasteiger partial charge in [0.05, 0.1) is 17.7 Å². The Labute approximate surface area is 222 Å². The number of sulfonamides is 1. The molecular weight excluding hydrogens is 514 g/mol. The SMILES string of the molecule is CNC(=O)[C@H](C)N(Cc1ccc(OC)cc1)C(=O)CN(c1cccc(Cl)c1C)S(=O)(=O)c1ccccc1. The average molecular weight is 544 g/mol. The van der Waals surface area contributed by atoms with E-state index in [4.69, 9.17) is 16.3 Å². The molecule has 0 heterocycles. The summed E-state index contributed by atoms with van der Waals surface area (Å²) in [6.45, 7) is 2.85. The van der Waals surface area contributed by atoms with Crippen LogP contribution in [0.15, 0.2) is 77.7 Å². The van der Waals surface area contributed by atoms with Crippen LogP contribution in [0, 0.1) is 6.92 Å². The van der Waals surface area contributed by atoms with E-state index in [0.717, 1.165) is 9.87 Å². The van der Waals surface area contributed by atoms with Gasteiger partial charge in [0.1, 0.15) is 18.3 Å². The van der Waals surface area contributed by atoms with Crippen molar-refractivity contribution < 1.29 is 22.7 Å². The zero-order chi connectivity index (χ0) is 27.2. The normalized spacial score (nSPS) is 11.9. The van der Waals surface area contributed by atoms with E-state index in [-0.39, 0.29) is 23.0 Å². The van der Waals surface area contributed by atoms with Gasteiger partial charge in [-0.1, -0.05) is 48.0 Å². The molecule has 0 radical (unpaired) electrons. The summed E-state index contributed by atoms with van der Waals surface area (Å²) in [7, 11) is -1.11. The fourth-order valence-electron chi connectivity index (χ4n) is 3.82. The minimum absolute atomic E-state index is 0.0308. The lowest BCUT2D eigenvalue weighted by atomic mass is 10.1.